The Morgan fingerprint density at radius 3 is 2.62 bits per heavy atom. The molecule has 1 rings (SSSR count). The van der Waals surface area contributed by atoms with Gasteiger partial charge in [0.25, 0.3) is 0 Å². The van der Waals surface area contributed by atoms with Crippen molar-refractivity contribution in [1.82, 2.24) is 5.32 Å². The molecule has 3 heteroatoms. The Morgan fingerprint density at radius 2 is 2.15 bits per heavy atom. The molecular weight excluding hydrogens is 166 g/mol. The largest absolute Gasteiger partial charge is 0.389 e. The Balaban J connectivity index is 2.30. The van der Waals surface area contributed by atoms with Crippen LogP contribution in [0.4, 0.5) is 0 Å². The molecule has 1 fully saturated rings. The molecule has 0 bridgehead atoms. The van der Waals surface area contributed by atoms with E-state index in [0.29, 0.717) is 25.2 Å². The van der Waals surface area contributed by atoms with Crippen LogP contribution in [0.2, 0.25) is 0 Å². The summed E-state index contributed by atoms with van der Waals surface area (Å²) in [4.78, 5) is 0. The Kier molecular flexibility index (Phi) is 4.16. The zero-order chi connectivity index (χ0) is 9.84. The third-order valence-electron chi connectivity index (χ3n) is 3.02. The van der Waals surface area contributed by atoms with E-state index in [2.05, 4.69) is 26.1 Å². The molecule has 0 radical (unpaired) electrons. The van der Waals surface area contributed by atoms with Crippen LogP contribution in [-0.4, -0.2) is 36.5 Å². The highest BCUT2D eigenvalue weighted by atomic mass is 16.5. The highest BCUT2D eigenvalue weighted by molar-refractivity contribution is 4.83. The number of rotatable bonds is 4. The lowest BCUT2D eigenvalue weighted by atomic mass is 9.99. The Hall–Kier alpha value is -0.120. The summed E-state index contributed by atoms with van der Waals surface area (Å²) in [5, 5.41) is 12.9. The lowest BCUT2D eigenvalue weighted by molar-refractivity contribution is 0.120. The van der Waals surface area contributed by atoms with E-state index in [1.807, 2.05) is 0 Å². The quantitative estimate of drug-likeness (QED) is 0.683. The van der Waals surface area contributed by atoms with Gasteiger partial charge in [0.2, 0.25) is 0 Å². The summed E-state index contributed by atoms with van der Waals surface area (Å²) < 4.78 is 5.17. The predicted octanol–water partition coefficient (Wildman–Crippen LogP) is 0.770. The molecule has 0 amide bonds. The first kappa shape index (κ1) is 11.0. The molecule has 4 unspecified atom stereocenters. The van der Waals surface area contributed by atoms with Gasteiger partial charge in [-0.25, -0.2) is 0 Å². The number of ether oxygens (including phenoxy) is 1. The summed E-state index contributed by atoms with van der Waals surface area (Å²) in [5.41, 5.74) is 0. The van der Waals surface area contributed by atoms with E-state index in [-0.39, 0.29) is 12.1 Å². The van der Waals surface area contributed by atoms with Crippen LogP contribution in [0.3, 0.4) is 0 Å². The van der Waals surface area contributed by atoms with Crippen LogP contribution in [0, 0.1) is 5.92 Å². The van der Waals surface area contributed by atoms with Gasteiger partial charge in [0, 0.05) is 6.04 Å². The van der Waals surface area contributed by atoms with Crippen molar-refractivity contribution in [2.24, 2.45) is 5.92 Å². The van der Waals surface area contributed by atoms with Gasteiger partial charge in [-0.1, -0.05) is 20.3 Å². The van der Waals surface area contributed by atoms with Crippen molar-refractivity contribution >= 4 is 0 Å². The second-order valence-electron chi connectivity index (χ2n) is 4.05. The summed E-state index contributed by atoms with van der Waals surface area (Å²) in [5.74, 6) is 0.646. The fourth-order valence-corrected chi connectivity index (χ4v) is 1.56. The smallest absolute Gasteiger partial charge is 0.0948 e. The van der Waals surface area contributed by atoms with Crippen LogP contribution in [0.25, 0.3) is 0 Å². The Bertz CT molecular complexity index is 152. The average molecular weight is 187 g/mol. The van der Waals surface area contributed by atoms with E-state index in [1.165, 1.54) is 0 Å². The summed E-state index contributed by atoms with van der Waals surface area (Å²) in [6.45, 7) is 7.69. The van der Waals surface area contributed by atoms with Gasteiger partial charge in [-0.05, 0) is 12.8 Å². The van der Waals surface area contributed by atoms with E-state index >= 15 is 0 Å². The topological polar surface area (TPSA) is 41.5 Å². The maximum atomic E-state index is 9.50. The second-order valence-corrected chi connectivity index (χ2v) is 4.05. The van der Waals surface area contributed by atoms with Crippen LogP contribution in [-0.2, 0) is 4.74 Å². The molecule has 0 aliphatic carbocycles. The molecule has 1 saturated heterocycles. The van der Waals surface area contributed by atoms with Crippen molar-refractivity contribution in [2.75, 3.05) is 13.2 Å². The van der Waals surface area contributed by atoms with Gasteiger partial charge >= 0.3 is 0 Å². The lowest BCUT2D eigenvalue weighted by Crippen LogP contribution is -2.46. The maximum Gasteiger partial charge on any atom is 0.0948 e. The molecule has 13 heavy (non-hydrogen) atoms. The normalized spacial score (nSPS) is 33.2. The molecule has 1 aliphatic heterocycles. The van der Waals surface area contributed by atoms with Crippen LogP contribution in [0.5, 0.6) is 0 Å². The van der Waals surface area contributed by atoms with Crippen molar-refractivity contribution < 1.29 is 9.84 Å². The van der Waals surface area contributed by atoms with E-state index in [1.54, 1.807) is 0 Å². The van der Waals surface area contributed by atoms with Crippen LogP contribution in [0.1, 0.15) is 27.2 Å². The monoisotopic (exact) mass is 187 g/mol. The van der Waals surface area contributed by atoms with Gasteiger partial charge in [-0.15, -0.1) is 0 Å². The first-order chi connectivity index (χ1) is 6.15. The van der Waals surface area contributed by atoms with E-state index in [9.17, 15) is 5.11 Å². The van der Waals surface area contributed by atoms with Gasteiger partial charge in [0.05, 0.1) is 25.4 Å². The summed E-state index contributed by atoms with van der Waals surface area (Å²) in [6, 6.07) is 0.579. The minimum absolute atomic E-state index is 0.129. The van der Waals surface area contributed by atoms with Crippen molar-refractivity contribution in [3.8, 4) is 0 Å². The molecule has 0 aromatic carbocycles. The first-order valence-corrected chi connectivity index (χ1v) is 5.17. The van der Waals surface area contributed by atoms with Gasteiger partial charge < -0.3 is 15.2 Å². The lowest BCUT2D eigenvalue weighted by Gasteiger charge is -2.24. The molecule has 0 saturated carbocycles. The predicted molar refractivity (Wildman–Crippen MR) is 52.7 cm³/mol. The van der Waals surface area contributed by atoms with Crippen LogP contribution >= 0.6 is 0 Å². The van der Waals surface area contributed by atoms with E-state index in [4.69, 9.17) is 4.74 Å². The van der Waals surface area contributed by atoms with Crippen molar-refractivity contribution in [2.45, 2.75) is 45.4 Å². The second kappa shape index (κ2) is 4.94. The molecule has 2 N–H and O–H groups in total. The third kappa shape index (κ3) is 2.93. The zero-order valence-corrected chi connectivity index (χ0v) is 8.79. The summed E-state index contributed by atoms with van der Waals surface area (Å²) >= 11 is 0. The molecule has 1 heterocycles. The van der Waals surface area contributed by atoms with Gasteiger partial charge in [0.15, 0.2) is 0 Å². The van der Waals surface area contributed by atoms with Crippen LogP contribution in [0.15, 0.2) is 0 Å². The molecule has 78 valence electrons. The van der Waals surface area contributed by atoms with Crippen LogP contribution < -0.4 is 5.32 Å². The minimum Gasteiger partial charge on any atom is -0.389 e. The van der Waals surface area contributed by atoms with Gasteiger partial charge in [0.1, 0.15) is 0 Å². The fraction of sp³-hybridized carbons (Fsp3) is 1.00. The highest BCUT2D eigenvalue weighted by Gasteiger charge is 2.27. The molecule has 1 aliphatic rings. The minimum atomic E-state index is -0.327. The molecule has 3 nitrogen and oxygen atoms in total. The summed E-state index contributed by atoms with van der Waals surface area (Å²) in [7, 11) is 0. The van der Waals surface area contributed by atoms with Gasteiger partial charge in [-0.2, -0.15) is 0 Å². The van der Waals surface area contributed by atoms with E-state index < -0.39 is 0 Å². The van der Waals surface area contributed by atoms with E-state index in [0.717, 1.165) is 6.42 Å². The summed E-state index contributed by atoms with van der Waals surface area (Å²) in [6.07, 6.45) is 0.837. The fourth-order valence-electron chi connectivity index (χ4n) is 1.56. The maximum absolute atomic E-state index is 9.50. The molecule has 4 atom stereocenters. The van der Waals surface area contributed by atoms with Gasteiger partial charge in [-0.3, -0.25) is 0 Å². The molecular formula is C10H21NO2. The number of hydrogen-bond acceptors (Lipinski definition) is 3. The Labute approximate surface area is 80.5 Å². The molecule has 0 aromatic rings. The highest BCUT2D eigenvalue weighted by Crippen LogP contribution is 2.11. The average Bonchev–Trinajstić information content (AvgIpc) is 2.50. The van der Waals surface area contributed by atoms with Crippen molar-refractivity contribution in [3.05, 3.63) is 0 Å². The molecule has 0 spiro atoms. The number of nitrogens with one attached hydrogen (secondary N) is 1. The number of aliphatic hydroxyl groups excluding tert-OH is 1. The first-order valence-electron chi connectivity index (χ1n) is 5.17. The Morgan fingerprint density at radius 1 is 1.46 bits per heavy atom. The number of aliphatic hydroxyl groups is 1. The van der Waals surface area contributed by atoms with Crippen molar-refractivity contribution in [3.63, 3.8) is 0 Å². The van der Waals surface area contributed by atoms with Crippen molar-refractivity contribution in [1.29, 1.82) is 0 Å². The number of hydrogen-bond donors (Lipinski definition) is 2. The SMILES string of the molecule is CCC(C)C(C)NC1COCC1O. The third-order valence-corrected chi connectivity index (χ3v) is 3.02. The molecule has 0 aromatic heterocycles. The standard InChI is InChI=1S/C10H21NO2/c1-4-7(2)8(3)11-9-5-13-6-10(9)12/h7-12H,4-6H2,1-3H3. The zero-order valence-electron chi connectivity index (χ0n) is 8.79.